The van der Waals surface area contributed by atoms with Crippen molar-refractivity contribution in [2.24, 2.45) is 0 Å². The standard InChI is InChI=1S/C26H24N8O5S/c1-4-38-26-22(39-21-8-6-5-7-20(21)37-3)25(32-40(35,36)18-11-9-16(2)10-12-18)28-23(29-26)17-13-14-27-19(15-17)24-30-33-34-31-24/h5-15H,4H2,1-3H3,(H,28,29,32)(H,30,31,33,34). The smallest absolute Gasteiger partial charge is 0.263 e. The average Bonchev–Trinajstić information content (AvgIpc) is 3.50. The molecule has 40 heavy (non-hydrogen) atoms. The molecule has 0 fully saturated rings. The highest BCUT2D eigenvalue weighted by atomic mass is 32.2. The first-order chi connectivity index (χ1) is 19.4. The number of methoxy groups -OCH3 is 1. The molecule has 0 saturated carbocycles. The Morgan fingerprint density at radius 3 is 2.45 bits per heavy atom. The van der Waals surface area contributed by atoms with Crippen LogP contribution < -0.4 is 18.9 Å². The number of nitrogens with zero attached hydrogens (tertiary/aromatic N) is 6. The first kappa shape index (κ1) is 26.5. The van der Waals surface area contributed by atoms with Gasteiger partial charge in [-0.25, -0.2) is 13.4 Å². The van der Waals surface area contributed by atoms with Gasteiger partial charge < -0.3 is 14.2 Å². The van der Waals surface area contributed by atoms with Gasteiger partial charge in [-0.3, -0.25) is 9.71 Å². The zero-order chi connectivity index (χ0) is 28.1. The van der Waals surface area contributed by atoms with Gasteiger partial charge in [0.05, 0.1) is 18.6 Å². The quantitative estimate of drug-likeness (QED) is 0.253. The summed E-state index contributed by atoms with van der Waals surface area (Å²) in [7, 11) is -2.59. The third-order valence-corrected chi connectivity index (χ3v) is 6.91. The van der Waals surface area contributed by atoms with Gasteiger partial charge in [0.1, 0.15) is 5.69 Å². The molecule has 5 rings (SSSR count). The zero-order valence-corrected chi connectivity index (χ0v) is 22.5. The normalized spacial score (nSPS) is 11.2. The van der Waals surface area contributed by atoms with Crippen molar-refractivity contribution in [3.63, 3.8) is 0 Å². The molecule has 0 aliphatic rings. The molecular formula is C26H24N8O5S. The van der Waals surface area contributed by atoms with E-state index in [1.165, 1.54) is 25.4 Å². The number of H-pyrrole nitrogens is 1. The maximum absolute atomic E-state index is 13.4. The SMILES string of the molecule is CCOc1nc(-c2ccnc(-c3nn[nH]n3)c2)nc(NS(=O)(=O)c2ccc(C)cc2)c1Oc1ccccc1OC. The van der Waals surface area contributed by atoms with Crippen molar-refractivity contribution >= 4 is 15.8 Å². The largest absolute Gasteiger partial charge is 0.493 e. The van der Waals surface area contributed by atoms with E-state index in [4.69, 9.17) is 14.2 Å². The number of pyridine rings is 1. The summed E-state index contributed by atoms with van der Waals surface area (Å²) in [5.74, 6) is 0.962. The number of hydrogen-bond donors (Lipinski definition) is 2. The van der Waals surface area contributed by atoms with Crippen LogP contribution in [0.4, 0.5) is 5.82 Å². The summed E-state index contributed by atoms with van der Waals surface area (Å²) in [6.07, 6.45) is 1.53. The van der Waals surface area contributed by atoms with Gasteiger partial charge in [0.15, 0.2) is 23.1 Å². The van der Waals surface area contributed by atoms with Gasteiger partial charge in [0, 0.05) is 11.8 Å². The van der Waals surface area contributed by atoms with Crippen LogP contribution in [-0.4, -0.2) is 57.7 Å². The third kappa shape index (κ3) is 5.66. The molecule has 2 aromatic carbocycles. The number of ether oxygens (including phenoxy) is 3. The van der Waals surface area contributed by atoms with Crippen molar-refractivity contribution in [1.82, 2.24) is 35.6 Å². The second kappa shape index (κ2) is 11.3. The van der Waals surface area contributed by atoms with E-state index in [1.807, 2.05) is 6.92 Å². The number of sulfonamides is 1. The predicted molar refractivity (Wildman–Crippen MR) is 145 cm³/mol. The summed E-state index contributed by atoms with van der Waals surface area (Å²) in [5, 5.41) is 13.8. The summed E-state index contributed by atoms with van der Waals surface area (Å²) in [6, 6.07) is 16.6. The number of nitrogens with one attached hydrogen (secondary N) is 2. The molecule has 14 heteroatoms. The highest BCUT2D eigenvalue weighted by Crippen LogP contribution is 2.41. The number of aromatic nitrogens is 7. The number of aromatic amines is 1. The van der Waals surface area contributed by atoms with Gasteiger partial charge in [0.25, 0.3) is 15.9 Å². The van der Waals surface area contributed by atoms with Crippen LogP contribution in [0.5, 0.6) is 23.1 Å². The van der Waals surface area contributed by atoms with Crippen LogP contribution in [0.1, 0.15) is 12.5 Å². The van der Waals surface area contributed by atoms with Crippen molar-refractivity contribution in [3.8, 4) is 46.0 Å². The molecule has 0 atom stereocenters. The van der Waals surface area contributed by atoms with Gasteiger partial charge in [-0.05, 0) is 55.5 Å². The molecule has 204 valence electrons. The third-order valence-electron chi connectivity index (χ3n) is 5.55. The van der Waals surface area contributed by atoms with Crippen LogP contribution in [0.2, 0.25) is 0 Å². The molecule has 3 heterocycles. The van der Waals surface area contributed by atoms with Crippen molar-refractivity contribution in [3.05, 3.63) is 72.4 Å². The number of aryl methyl sites for hydroxylation is 1. The molecule has 0 bridgehead atoms. The Labute approximate surface area is 229 Å². The van der Waals surface area contributed by atoms with Crippen molar-refractivity contribution in [2.75, 3.05) is 18.4 Å². The minimum atomic E-state index is -4.09. The van der Waals surface area contributed by atoms with Crippen LogP contribution in [0, 0.1) is 6.92 Å². The highest BCUT2D eigenvalue weighted by Gasteiger charge is 2.25. The summed E-state index contributed by atoms with van der Waals surface area (Å²) in [4.78, 5) is 13.4. The lowest BCUT2D eigenvalue weighted by molar-refractivity contribution is 0.304. The van der Waals surface area contributed by atoms with Gasteiger partial charge in [-0.1, -0.05) is 29.8 Å². The minimum Gasteiger partial charge on any atom is -0.493 e. The monoisotopic (exact) mass is 560 g/mol. The molecule has 0 aliphatic carbocycles. The Balaban J connectivity index is 1.66. The predicted octanol–water partition coefficient (Wildman–Crippen LogP) is 4.03. The summed E-state index contributed by atoms with van der Waals surface area (Å²) in [6.45, 7) is 3.85. The molecule has 3 aromatic heterocycles. The van der Waals surface area contributed by atoms with Crippen LogP contribution in [0.15, 0.2) is 71.8 Å². The van der Waals surface area contributed by atoms with E-state index >= 15 is 0 Å². The number of rotatable bonds is 10. The van der Waals surface area contributed by atoms with E-state index in [1.54, 1.807) is 55.5 Å². The molecule has 13 nitrogen and oxygen atoms in total. The number of para-hydroxylation sites is 2. The Bertz CT molecular complexity index is 1730. The molecule has 0 saturated heterocycles. The molecule has 5 aromatic rings. The first-order valence-corrected chi connectivity index (χ1v) is 13.5. The Hall–Kier alpha value is -5.11. The summed E-state index contributed by atoms with van der Waals surface area (Å²) >= 11 is 0. The van der Waals surface area contributed by atoms with E-state index in [0.717, 1.165) is 5.56 Å². The lowest BCUT2D eigenvalue weighted by Gasteiger charge is -2.18. The first-order valence-electron chi connectivity index (χ1n) is 12.0. The number of hydrogen-bond acceptors (Lipinski definition) is 11. The molecular weight excluding hydrogens is 536 g/mol. The zero-order valence-electron chi connectivity index (χ0n) is 21.7. The Morgan fingerprint density at radius 2 is 1.75 bits per heavy atom. The van der Waals surface area contributed by atoms with Crippen molar-refractivity contribution < 1.29 is 22.6 Å². The van der Waals surface area contributed by atoms with E-state index in [-0.39, 0.29) is 40.6 Å². The van der Waals surface area contributed by atoms with Crippen LogP contribution in [0.25, 0.3) is 22.9 Å². The van der Waals surface area contributed by atoms with Crippen LogP contribution in [0.3, 0.4) is 0 Å². The van der Waals surface area contributed by atoms with E-state index < -0.39 is 10.0 Å². The van der Waals surface area contributed by atoms with E-state index in [9.17, 15) is 8.42 Å². The Morgan fingerprint density at radius 1 is 0.975 bits per heavy atom. The maximum atomic E-state index is 13.4. The van der Waals surface area contributed by atoms with Crippen molar-refractivity contribution in [1.29, 1.82) is 0 Å². The Kier molecular flexibility index (Phi) is 7.50. The molecule has 2 N–H and O–H groups in total. The fraction of sp³-hybridized carbons (Fsp3) is 0.154. The fourth-order valence-corrected chi connectivity index (χ4v) is 4.64. The van der Waals surface area contributed by atoms with E-state index in [0.29, 0.717) is 22.8 Å². The number of anilines is 1. The average molecular weight is 561 g/mol. The summed E-state index contributed by atoms with van der Waals surface area (Å²) in [5.41, 5.74) is 1.82. The van der Waals surface area contributed by atoms with E-state index in [2.05, 4.69) is 40.3 Å². The lowest BCUT2D eigenvalue weighted by Crippen LogP contribution is -2.16. The number of tetrazole rings is 1. The van der Waals surface area contributed by atoms with Gasteiger partial charge in [-0.2, -0.15) is 10.2 Å². The van der Waals surface area contributed by atoms with Crippen LogP contribution in [-0.2, 0) is 10.0 Å². The fourth-order valence-electron chi connectivity index (χ4n) is 3.63. The molecule has 0 aliphatic heterocycles. The molecule has 0 radical (unpaired) electrons. The second-order valence-electron chi connectivity index (χ2n) is 8.30. The van der Waals surface area contributed by atoms with Gasteiger partial charge >= 0.3 is 0 Å². The molecule has 0 unspecified atom stereocenters. The molecule has 0 amide bonds. The minimum absolute atomic E-state index is 0.0120. The topological polar surface area (TPSA) is 167 Å². The van der Waals surface area contributed by atoms with Crippen molar-refractivity contribution in [2.45, 2.75) is 18.7 Å². The maximum Gasteiger partial charge on any atom is 0.263 e. The van der Waals surface area contributed by atoms with Crippen LogP contribution >= 0.6 is 0 Å². The second-order valence-corrected chi connectivity index (χ2v) is 9.98. The number of benzene rings is 2. The van der Waals surface area contributed by atoms with Gasteiger partial charge in [-0.15, -0.1) is 10.2 Å². The lowest BCUT2D eigenvalue weighted by atomic mass is 10.2. The van der Waals surface area contributed by atoms with Gasteiger partial charge in [0.2, 0.25) is 11.6 Å². The summed E-state index contributed by atoms with van der Waals surface area (Å²) < 4.78 is 46.8. The molecule has 0 spiro atoms. The highest BCUT2D eigenvalue weighted by molar-refractivity contribution is 7.92.